The summed E-state index contributed by atoms with van der Waals surface area (Å²) in [6, 6.07) is 0.125. The summed E-state index contributed by atoms with van der Waals surface area (Å²) in [7, 11) is 3.05. The SMILES string of the molecule is CNc1nc(N)nc(-c2cnn(C3CCN(CCOC)CC3)c2C)c1C(F)(F)F. The average Bonchev–Trinajstić information content (AvgIpc) is 3.06. The predicted molar refractivity (Wildman–Crippen MR) is 104 cm³/mol. The van der Waals surface area contributed by atoms with Crippen molar-refractivity contribution in [3.05, 3.63) is 17.5 Å². The van der Waals surface area contributed by atoms with Crippen LogP contribution in [0.4, 0.5) is 24.9 Å². The van der Waals surface area contributed by atoms with Gasteiger partial charge in [-0.3, -0.25) is 4.68 Å². The van der Waals surface area contributed by atoms with Gasteiger partial charge in [-0.15, -0.1) is 0 Å². The summed E-state index contributed by atoms with van der Waals surface area (Å²) in [5, 5.41) is 6.87. The molecule has 8 nitrogen and oxygen atoms in total. The molecule has 1 aliphatic heterocycles. The zero-order valence-electron chi connectivity index (χ0n) is 16.8. The molecule has 160 valence electrons. The Labute approximate surface area is 167 Å². The molecule has 0 spiro atoms. The fourth-order valence-electron chi connectivity index (χ4n) is 3.75. The van der Waals surface area contributed by atoms with Gasteiger partial charge in [0.25, 0.3) is 0 Å². The lowest BCUT2D eigenvalue weighted by Crippen LogP contribution is -2.37. The minimum atomic E-state index is -4.64. The number of nitrogens with zero attached hydrogens (tertiary/aromatic N) is 5. The topological polar surface area (TPSA) is 94.1 Å². The molecule has 0 radical (unpaired) electrons. The predicted octanol–water partition coefficient (Wildman–Crippen LogP) is 2.57. The van der Waals surface area contributed by atoms with Gasteiger partial charge in [0.2, 0.25) is 5.95 Å². The summed E-state index contributed by atoms with van der Waals surface area (Å²) in [4.78, 5) is 9.92. The van der Waals surface area contributed by atoms with Crippen molar-refractivity contribution in [3.63, 3.8) is 0 Å². The Morgan fingerprint density at radius 2 is 1.97 bits per heavy atom. The van der Waals surface area contributed by atoms with Crippen LogP contribution in [-0.2, 0) is 10.9 Å². The second-order valence-corrected chi connectivity index (χ2v) is 7.06. The van der Waals surface area contributed by atoms with Crippen molar-refractivity contribution >= 4 is 11.8 Å². The number of aromatic nitrogens is 4. The summed E-state index contributed by atoms with van der Waals surface area (Å²) >= 11 is 0. The van der Waals surface area contributed by atoms with Gasteiger partial charge in [0.05, 0.1) is 24.5 Å². The van der Waals surface area contributed by atoms with Crippen LogP contribution in [0.3, 0.4) is 0 Å². The zero-order valence-corrected chi connectivity index (χ0v) is 16.8. The summed E-state index contributed by atoms with van der Waals surface area (Å²) in [6.45, 7) is 5.09. The average molecular weight is 413 g/mol. The lowest BCUT2D eigenvalue weighted by Gasteiger charge is -2.32. The maximum Gasteiger partial charge on any atom is 0.422 e. The highest BCUT2D eigenvalue weighted by Crippen LogP contribution is 2.41. The van der Waals surface area contributed by atoms with E-state index in [2.05, 4.69) is 25.3 Å². The van der Waals surface area contributed by atoms with Crippen LogP contribution >= 0.6 is 0 Å². The molecule has 2 aromatic heterocycles. The van der Waals surface area contributed by atoms with Gasteiger partial charge in [0.1, 0.15) is 11.4 Å². The Morgan fingerprint density at radius 3 is 2.55 bits per heavy atom. The number of ether oxygens (including phenoxy) is 1. The first-order valence-corrected chi connectivity index (χ1v) is 9.44. The Bertz CT molecular complexity index is 845. The first-order valence-electron chi connectivity index (χ1n) is 9.44. The molecular formula is C18H26F3N7O. The Kier molecular flexibility index (Phi) is 6.27. The summed E-state index contributed by atoms with van der Waals surface area (Å²) < 4.78 is 48.2. The minimum absolute atomic E-state index is 0.125. The van der Waals surface area contributed by atoms with Gasteiger partial charge in [0, 0.05) is 45.0 Å². The Balaban J connectivity index is 1.92. The standard InChI is InChI=1S/C18H26F3N7O/c1-11-13(15-14(18(19,20)21)16(23-2)26-17(22)25-15)10-24-28(11)12-4-6-27(7-5-12)8-9-29-3/h10,12H,4-9H2,1-3H3,(H3,22,23,25,26). The van der Waals surface area contributed by atoms with Gasteiger partial charge in [-0.2, -0.15) is 23.3 Å². The van der Waals surface area contributed by atoms with Crippen LogP contribution in [0.5, 0.6) is 0 Å². The normalized spacial score (nSPS) is 16.3. The molecular weight excluding hydrogens is 387 g/mol. The van der Waals surface area contributed by atoms with Gasteiger partial charge in [0.15, 0.2) is 0 Å². The molecule has 3 heterocycles. The first-order chi connectivity index (χ1) is 13.8. The third-order valence-corrected chi connectivity index (χ3v) is 5.26. The summed E-state index contributed by atoms with van der Waals surface area (Å²) in [6.07, 6.45) is -1.47. The molecule has 1 saturated heterocycles. The number of piperidine rings is 1. The Morgan fingerprint density at radius 1 is 1.28 bits per heavy atom. The maximum absolute atomic E-state index is 13.7. The van der Waals surface area contributed by atoms with E-state index < -0.39 is 11.7 Å². The highest BCUT2D eigenvalue weighted by atomic mass is 19.4. The van der Waals surface area contributed by atoms with Crippen molar-refractivity contribution in [1.82, 2.24) is 24.6 Å². The molecule has 0 atom stereocenters. The second kappa shape index (κ2) is 8.54. The van der Waals surface area contributed by atoms with E-state index in [0.717, 1.165) is 32.5 Å². The zero-order chi connectivity index (χ0) is 21.2. The number of anilines is 2. The quantitative estimate of drug-likeness (QED) is 0.752. The van der Waals surface area contributed by atoms with Crippen molar-refractivity contribution in [1.29, 1.82) is 0 Å². The Hall–Kier alpha value is -2.40. The number of alkyl halides is 3. The molecule has 2 aromatic rings. The van der Waals surface area contributed by atoms with Crippen LogP contribution in [0.2, 0.25) is 0 Å². The number of hydrogen-bond acceptors (Lipinski definition) is 7. The second-order valence-electron chi connectivity index (χ2n) is 7.06. The number of nitrogens with one attached hydrogen (secondary N) is 1. The molecule has 0 aromatic carbocycles. The fraction of sp³-hybridized carbons (Fsp3) is 0.611. The molecule has 0 amide bonds. The number of hydrogen-bond donors (Lipinski definition) is 2. The third kappa shape index (κ3) is 4.45. The number of methoxy groups -OCH3 is 1. The molecule has 1 fully saturated rings. The molecule has 0 bridgehead atoms. The van der Waals surface area contributed by atoms with Crippen molar-refractivity contribution in [2.75, 3.05) is 51.4 Å². The number of halogens is 3. The fourth-order valence-corrected chi connectivity index (χ4v) is 3.75. The molecule has 0 unspecified atom stereocenters. The van der Waals surface area contributed by atoms with Crippen LogP contribution in [0.1, 0.15) is 30.1 Å². The van der Waals surface area contributed by atoms with Gasteiger partial charge < -0.3 is 20.7 Å². The monoisotopic (exact) mass is 413 g/mol. The van der Waals surface area contributed by atoms with Crippen LogP contribution in [-0.4, -0.2) is 65.0 Å². The van der Waals surface area contributed by atoms with Gasteiger partial charge in [-0.05, 0) is 19.8 Å². The van der Waals surface area contributed by atoms with Gasteiger partial charge >= 0.3 is 6.18 Å². The summed E-state index contributed by atoms with van der Waals surface area (Å²) in [5.74, 6) is -0.574. The number of rotatable bonds is 6. The minimum Gasteiger partial charge on any atom is -0.383 e. The van der Waals surface area contributed by atoms with Crippen molar-refractivity contribution in [3.8, 4) is 11.3 Å². The number of nitrogens with two attached hydrogens (primary N) is 1. The largest absolute Gasteiger partial charge is 0.422 e. The maximum atomic E-state index is 13.7. The van der Waals surface area contributed by atoms with Crippen LogP contribution in [0, 0.1) is 6.92 Å². The third-order valence-electron chi connectivity index (χ3n) is 5.26. The van der Waals surface area contributed by atoms with E-state index in [4.69, 9.17) is 10.5 Å². The molecule has 0 saturated carbocycles. The van der Waals surface area contributed by atoms with Crippen LogP contribution in [0.15, 0.2) is 6.20 Å². The highest BCUT2D eigenvalue weighted by molar-refractivity contribution is 5.72. The van der Waals surface area contributed by atoms with Crippen LogP contribution < -0.4 is 11.1 Å². The molecule has 3 N–H and O–H groups in total. The highest BCUT2D eigenvalue weighted by Gasteiger charge is 2.39. The molecule has 11 heteroatoms. The van der Waals surface area contributed by atoms with E-state index in [1.807, 2.05) is 0 Å². The van der Waals surface area contributed by atoms with E-state index in [1.165, 1.54) is 13.2 Å². The van der Waals surface area contributed by atoms with Gasteiger partial charge in [-0.25, -0.2) is 4.98 Å². The van der Waals surface area contributed by atoms with Gasteiger partial charge in [-0.1, -0.05) is 0 Å². The van der Waals surface area contributed by atoms with E-state index in [-0.39, 0.29) is 23.5 Å². The van der Waals surface area contributed by atoms with E-state index in [0.29, 0.717) is 17.9 Å². The molecule has 0 aliphatic carbocycles. The molecule has 29 heavy (non-hydrogen) atoms. The van der Waals surface area contributed by atoms with Crippen LogP contribution in [0.25, 0.3) is 11.3 Å². The lowest BCUT2D eigenvalue weighted by atomic mass is 10.0. The molecule has 1 aliphatic rings. The van der Waals surface area contributed by atoms with E-state index in [9.17, 15) is 13.2 Å². The molecule has 3 rings (SSSR count). The first kappa shape index (κ1) is 21.3. The smallest absolute Gasteiger partial charge is 0.383 e. The number of nitrogen functional groups attached to an aromatic ring is 1. The number of likely N-dealkylation sites (tertiary alicyclic amines) is 1. The van der Waals surface area contributed by atoms with Crippen molar-refractivity contribution < 1.29 is 17.9 Å². The van der Waals surface area contributed by atoms with E-state index >= 15 is 0 Å². The van der Waals surface area contributed by atoms with Crippen molar-refractivity contribution in [2.24, 2.45) is 0 Å². The lowest BCUT2D eigenvalue weighted by molar-refractivity contribution is -0.136. The summed E-state index contributed by atoms with van der Waals surface area (Å²) in [5.41, 5.74) is 5.41. The van der Waals surface area contributed by atoms with Crippen molar-refractivity contribution in [2.45, 2.75) is 32.0 Å². The van der Waals surface area contributed by atoms with E-state index in [1.54, 1.807) is 18.7 Å².